The van der Waals surface area contributed by atoms with Gasteiger partial charge in [0.15, 0.2) is 0 Å². The van der Waals surface area contributed by atoms with E-state index in [1.807, 2.05) is 18.2 Å². The second-order valence-electron chi connectivity index (χ2n) is 5.92. The molecule has 0 radical (unpaired) electrons. The Bertz CT molecular complexity index is 471. The lowest BCUT2D eigenvalue weighted by Crippen LogP contribution is -2.41. The second kappa shape index (κ2) is 8.88. The lowest BCUT2D eigenvalue weighted by atomic mass is 10.0. The summed E-state index contributed by atoms with van der Waals surface area (Å²) >= 11 is 0. The molecule has 22 heavy (non-hydrogen) atoms. The van der Waals surface area contributed by atoms with E-state index < -0.39 is 0 Å². The molecule has 2 N–H and O–H groups in total. The normalized spacial score (nSPS) is 16.0. The van der Waals surface area contributed by atoms with Crippen LogP contribution in [-0.2, 0) is 9.53 Å². The van der Waals surface area contributed by atoms with Crippen molar-refractivity contribution in [2.45, 2.75) is 19.8 Å². The van der Waals surface area contributed by atoms with Crippen molar-refractivity contribution in [3.05, 3.63) is 29.8 Å². The van der Waals surface area contributed by atoms with Crippen molar-refractivity contribution < 1.29 is 9.53 Å². The van der Waals surface area contributed by atoms with E-state index in [1.165, 1.54) is 5.56 Å². The molecule has 5 heteroatoms. The Morgan fingerprint density at radius 2 is 2.00 bits per heavy atom. The molecule has 122 valence electrons. The average molecular weight is 305 g/mol. The predicted molar refractivity (Wildman–Crippen MR) is 89.3 cm³/mol. The first-order valence-electron chi connectivity index (χ1n) is 8.06. The van der Waals surface area contributed by atoms with Crippen LogP contribution in [0.1, 0.15) is 25.3 Å². The smallest absolute Gasteiger partial charge is 0.238 e. The number of hydrogen-bond donors (Lipinski definition) is 2. The summed E-state index contributed by atoms with van der Waals surface area (Å²) < 4.78 is 5.31. The summed E-state index contributed by atoms with van der Waals surface area (Å²) in [7, 11) is 0. The van der Waals surface area contributed by atoms with Gasteiger partial charge in [-0.1, -0.05) is 32.0 Å². The number of nitrogens with zero attached hydrogens (tertiary/aromatic N) is 1. The van der Waals surface area contributed by atoms with Crippen molar-refractivity contribution in [2.75, 3.05) is 51.3 Å². The fourth-order valence-corrected chi connectivity index (χ4v) is 2.57. The molecular weight excluding hydrogens is 278 g/mol. The number of para-hydroxylation sites is 1. The quantitative estimate of drug-likeness (QED) is 0.753. The zero-order chi connectivity index (χ0) is 15.8. The fourth-order valence-electron chi connectivity index (χ4n) is 2.57. The number of anilines is 1. The van der Waals surface area contributed by atoms with Gasteiger partial charge in [-0.2, -0.15) is 0 Å². The minimum Gasteiger partial charge on any atom is -0.379 e. The molecular formula is C17H27N3O2. The van der Waals surface area contributed by atoms with Crippen LogP contribution < -0.4 is 10.6 Å². The summed E-state index contributed by atoms with van der Waals surface area (Å²) in [5.74, 6) is 0.404. The SMILES string of the molecule is CC(C)c1ccccc1NC(=O)CNCCN1CCOCC1. The molecule has 1 aliphatic rings. The molecule has 0 saturated carbocycles. The van der Waals surface area contributed by atoms with E-state index in [-0.39, 0.29) is 5.91 Å². The number of rotatable bonds is 7. The van der Waals surface area contributed by atoms with Gasteiger partial charge in [-0.05, 0) is 17.5 Å². The summed E-state index contributed by atoms with van der Waals surface area (Å²) in [6.45, 7) is 9.97. The first-order valence-corrected chi connectivity index (χ1v) is 8.06. The molecule has 1 saturated heterocycles. The van der Waals surface area contributed by atoms with E-state index in [4.69, 9.17) is 4.74 Å². The molecule has 0 aliphatic carbocycles. The van der Waals surface area contributed by atoms with Crippen LogP contribution in [0.4, 0.5) is 5.69 Å². The third kappa shape index (κ3) is 5.40. The standard InChI is InChI=1S/C17H27N3O2/c1-14(2)15-5-3-4-6-16(15)19-17(21)13-18-7-8-20-9-11-22-12-10-20/h3-6,14,18H,7-13H2,1-2H3,(H,19,21). The molecule has 2 rings (SSSR count). The highest BCUT2D eigenvalue weighted by Crippen LogP contribution is 2.23. The van der Waals surface area contributed by atoms with Gasteiger partial charge in [0.1, 0.15) is 0 Å². The first kappa shape index (κ1) is 16.9. The van der Waals surface area contributed by atoms with E-state index in [1.54, 1.807) is 0 Å². The van der Waals surface area contributed by atoms with Crippen molar-refractivity contribution >= 4 is 11.6 Å². The molecule has 5 nitrogen and oxygen atoms in total. The summed E-state index contributed by atoms with van der Waals surface area (Å²) in [4.78, 5) is 14.4. The van der Waals surface area contributed by atoms with Crippen molar-refractivity contribution in [2.24, 2.45) is 0 Å². The van der Waals surface area contributed by atoms with E-state index in [2.05, 4.69) is 35.4 Å². The molecule has 1 heterocycles. The average Bonchev–Trinajstić information content (AvgIpc) is 2.53. The number of hydrogen-bond acceptors (Lipinski definition) is 4. The highest BCUT2D eigenvalue weighted by molar-refractivity contribution is 5.93. The number of amides is 1. The minimum absolute atomic E-state index is 0.00933. The molecule has 0 spiro atoms. The molecule has 0 aromatic heterocycles. The number of benzene rings is 1. The summed E-state index contributed by atoms with van der Waals surface area (Å²) in [6.07, 6.45) is 0. The molecule has 0 unspecified atom stereocenters. The number of carbonyl (C=O) groups is 1. The molecule has 0 atom stereocenters. The van der Waals surface area contributed by atoms with Crippen LogP contribution in [-0.4, -0.2) is 56.7 Å². The number of morpholine rings is 1. The Morgan fingerprint density at radius 3 is 2.73 bits per heavy atom. The third-order valence-corrected chi connectivity index (χ3v) is 3.85. The maximum atomic E-state index is 12.0. The molecule has 0 bridgehead atoms. The fraction of sp³-hybridized carbons (Fsp3) is 0.588. The third-order valence-electron chi connectivity index (χ3n) is 3.85. The Balaban J connectivity index is 1.69. The lowest BCUT2D eigenvalue weighted by molar-refractivity contribution is -0.115. The Kier molecular flexibility index (Phi) is 6.83. The van der Waals surface area contributed by atoms with E-state index in [9.17, 15) is 4.79 Å². The maximum Gasteiger partial charge on any atom is 0.238 e. The first-order chi connectivity index (χ1) is 10.7. The van der Waals surface area contributed by atoms with Gasteiger partial charge < -0.3 is 15.4 Å². The van der Waals surface area contributed by atoms with Crippen molar-refractivity contribution in [3.8, 4) is 0 Å². The maximum absolute atomic E-state index is 12.0. The predicted octanol–water partition coefficient (Wildman–Crippen LogP) is 1.67. The summed E-state index contributed by atoms with van der Waals surface area (Å²) in [5.41, 5.74) is 2.08. The van der Waals surface area contributed by atoms with Gasteiger partial charge in [-0.3, -0.25) is 9.69 Å². The lowest BCUT2D eigenvalue weighted by Gasteiger charge is -2.26. The molecule has 1 amide bonds. The number of ether oxygens (including phenoxy) is 1. The van der Waals surface area contributed by atoms with Crippen LogP contribution in [0.5, 0.6) is 0 Å². The zero-order valence-electron chi connectivity index (χ0n) is 13.6. The van der Waals surface area contributed by atoms with Crippen molar-refractivity contribution in [1.82, 2.24) is 10.2 Å². The monoisotopic (exact) mass is 305 g/mol. The van der Waals surface area contributed by atoms with Gasteiger partial charge in [0.05, 0.1) is 19.8 Å². The van der Waals surface area contributed by atoms with Gasteiger partial charge in [-0.15, -0.1) is 0 Å². The Labute approximate surface area is 133 Å². The second-order valence-corrected chi connectivity index (χ2v) is 5.92. The van der Waals surface area contributed by atoms with Gasteiger partial charge in [0.2, 0.25) is 5.91 Å². The van der Waals surface area contributed by atoms with Crippen LogP contribution in [0.2, 0.25) is 0 Å². The minimum atomic E-state index is 0.00933. The van der Waals surface area contributed by atoms with Crippen molar-refractivity contribution in [3.63, 3.8) is 0 Å². The van der Waals surface area contributed by atoms with E-state index >= 15 is 0 Å². The Morgan fingerprint density at radius 1 is 1.27 bits per heavy atom. The van der Waals surface area contributed by atoms with Gasteiger partial charge in [-0.25, -0.2) is 0 Å². The van der Waals surface area contributed by atoms with Gasteiger partial charge in [0.25, 0.3) is 0 Å². The van der Waals surface area contributed by atoms with Crippen LogP contribution in [0, 0.1) is 0 Å². The van der Waals surface area contributed by atoms with Crippen LogP contribution in [0.25, 0.3) is 0 Å². The summed E-state index contributed by atoms with van der Waals surface area (Å²) in [5, 5.41) is 6.20. The van der Waals surface area contributed by atoms with Crippen molar-refractivity contribution in [1.29, 1.82) is 0 Å². The molecule has 1 aromatic carbocycles. The van der Waals surface area contributed by atoms with Gasteiger partial charge >= 0.3 is 0 Å². The molecule has 1 aromatic rings. The topological polar surface area (TPSA) is 53.6 Å². The summed E-state index contributed by atoms with van der Waals surface area (Å²) in [6, 6.07) is 7.98. The molecule has 1 aliphatic heterocycles. The van der Waals surface area contributed by atoms with Crippen LogP contribution in [0.3, 0.4) is 0 Å². The largest absolute Gasteiger partial charge is 0.379 e. The number of carbonyl (C=O) groups excluding carboxylic acids is 1. The van der Waals surface area contributed by atoms with E-state index in [0.717, 1.165) is 45.1 Å². The zero-order valence-corrected chi connectivity index (χ0v) is 13.6. The highest BCUT2D eigenvalue weighted by Gasteiger charge is 2.11. The van der Waals surface area contributed by atoms with Crippen LogP contribution in [0.15, 0.2) is 24.3 Å². The Hall–Kier alpha value is -1.43. The van der Waals surface area contributed by atoms with E-state index in [0.29, 0.717) is 12.5 Å². The molecule has 1 fully saturated rings. The van der Waals surface area contributed by atoms with Crippen LogP contribution >= 0.6 is 0 Å². The highest BCUT2D eigenvalue weighted by atomic mass is 16.5. The van der Waals surface area contributed by atoms with Gasteiger partial charge in [0, 0.05) is 31.9 Å². The number of nitrogens with one attached hydrogen (secondary N) is 2.